The first-order valence-electron chi connectivity index (χ1n) is 6.65. The molecule has 0 saturated heterocycles. The average molecular weight is 267 g/mol. The zero-order valence-corrected chi connectivity index (χ0v) is 12.9. The number of nitrogens with one attached hydrogen (secondary N) is 1. The van der Waals surface area contributed by atoms with Crippen LogP contribution in [0.3, 0.4) is 0 Å². The Labute approximate surface area is 114 Å². The molecule has 1 aliphatic rings. The number of nitrogens with zero attached hydrogens (tertiary/aromatic N) is 1. The van der Waals surface area contributed by atoms with Gasteiger partial charge >= 0.3 is 0 Å². The number of hydrogen-bond acceptors (Lipinski definition) is 4. The first kappa shape index (κ1) is 14.0. The minimum Gasteiger partial charge on any atom is -0.271 e. The molecule has 0 amide bonds. The SMILES string of the molecule is CC(C)(C)c1csc(CC(NN)C2CC2(C)C)n1. The molecule has 102 valence electrons. The second-order valence-corrected chi connectivity index (χ2v) is 8.10. The summed E-state index contributed by atoms with van der Waals surface area (Å²) in [6, 6.07) is 0.360. The van der Waals surface area contributed by atoms with Gasteiger partial charge in [-0.2, -0.15) is 0 Å². The lowest BCUT2D eigenvalue weighted by Gasteiger charge is -2.17. The Hall–Kier alpha value is -0.450. The summed E-state index contributed by atoms with van der Waals surface area (Å²) in [5.74, 6) is 6.39. The number of hydrogen-bond donors (Lipinski definition) is 2. The third-order valence-corrected chi connectivity index (χ3v) is 4.88. The molecule has 3 nitrogen and oxygen atoms in total. The van der Waals surface area contributed by atoms with Crippen molar-refractivity contribution >= 4 is 11.3 Å². The summed E-state index contributed by atoms with van der Waals surface area (Å²) in [5, 5.41) is 3.38. The van der Waals surface area contributed by atoms with Crippen LogP contribution < -0.4 is 11.3 Å². The van der Waals surface area contributed by atoms with Gasteiger partial charge in [0.05, 0.1) is 10.7 Å². The molecule has 0 radical (unpaired) electrons. The van der Waals surface area contributed by atoms with Crippen LogP contribution in [0.1, 0.15) is 51.7 Å². The van der Waals surface area contributed by atoms with Crippen LogP contribution in [0.4, 0.5) is 0 Å². The van der Waals surface area contributed by atoms with Crippen molar-refractivity contribution < 1.29 is 0 Å². The molecule has 18 heavy (non-hydrogen) atoms. The third kappa shape index (κ3) is 2.92. The predicted molar refractivity (Wildman–Crippen MR) is 77.5 cm³/mol. The largest absolute Gasteiger partial charge is 0.271 e. The van der Waals surface area contributed by atoms with E-state index < -0.39 is 0 Å². The Morgan fingerprint density at radius 2 is 2.17 bits per heavy atom. The number of nitrogens with two attached hydrogens (primary N) is 1. The molecule has 1 aromatic heterocycles. The summed E-state index contributed by atoms with van der Waals surface area (Å²) in [6.45, 7) is 11.2. The Bertz CT molecular complexity index is 417. The third-order valence-electron chi connectivity index (χ3n) is 4.00. The predicted octanol–water partition coefficient (Wildman–Crippen LogP) is 2.86. The van der Waals surface area contributed by atoms with Crippen LogP contribution in [-0.2, 0) is 11.8 Å². The maximum absolute atomic E-state index is 5.70. The fraction of sp³-hybridized carbons (Fsp3) is 0.786. The van der Waals surface area contributed by atoms with Crippen molar-refractivity contribution in [2.24, 2.45) is 17.2 Å². The maximum Gasteiger partial charge on any atom is 0.0944 e. The molecular formula is C14H25N3S. The van der Waals surface area contributed by atoms with E-state index in [0.29, 0.717) is 17.4 Å². The van der Waals surface area contributed by atoms with Gasteiger partial charge in [0.1, 0.15) is 0 Å². The van der Waals surface area contributed by atoms with E-state index in [0.717, 1.165) is 6.42 Å². The van der Waals surface area contributed by atoms with E-state index >= 15 is 0 Å². The number of thiazole rings is 1. The molecule has 0 aromatic carbocycles. The van der Waals surface area contributed by atoms with Crippen LogP contribution in [0.5, 0.6) is 0 Å². The fourth-order valence-corrected chi connectivity index (χ4v) is 3.53. The van der Waals surface area contributed by atoms with Gasteiger partial charge in [-0.05, 0) is 17.8 Å². The standard InChI is InChI=1S/C14H25N3S/c1-13(2,3)11-8-18-12(16-11)6-10(17-15)9-7-14(9,4)5/h8-10,17H,6-7,15H2,1-5H3. The molecular weight excluding hydrogens is 242 g/mol. The second-order valence-electron chi connectivity index (χ2n) is 7.15. The number of aromatic nitrogens is 1. The lowest BCUT2D eigenvalue weighted by Crippen LogP contribution is -2.39. The van der Waals surface area contributed by atoms with Crippen molar-refractivity contribution in [1.82, 2.24) is 10.4 Å². The van der Waals surface area contributed by atoms with Crippen LogP contribution in [0.15, 0.2) is 5.38 Å². The van der Waals surface area contributed by atoms with Gasteiger partial charge in [-0.1, -0.05) is 34.6 Å². The second kappa shape index (κ2) is 4.58. The van der Waals surface area contributed by atoms with Crippen molar-refractivity contribution in [1.29, 1.82) is 0 Å². The summed E-state index contributed by atoms with van der Waals surface area (Å²) in [4.78, 5) is 4.75. The van der Waals surface area contributed by atoms with Crippen molar-refractivity contribution in [3.8, 4) is 0 Å². The molecule has 1 fully saturated rings. The van der Waals surface area contributed by atoms with Gasteiger partial charge in [-0.15, -0.1) is 11.3 Å². The van der Waals surface area contributed by atoms with Gasteiger partial charge in [-0.25, -0.2) is 4.98 Å². The molecule has 0 aliphatic heterocycles. The average Bonchev–Trinajstić information content (AvgIpc) is 2.71. The molecule has 2 unspecified atom stereocenters. The Kier molecular flexibility index (Phi) is 3.56. The molecule has 2 rings (SSSR count). The van der Waals surface area contributed by atoms with E-state index in [1.807, 2.05) is 0 Å². The quantitative estimate of drug-likeness (QED) is 0.651. The number of rotatable bonds is 4. The summed E-state index contributed by atoms with van der Waals surface area (Å²) in [6.07, 6.45) is 2.21. The highest BCUT2D eigenvalue weighted by Gasteiger charge is 2.49. The Morgan fingerprint density at radius 3 is 2.56 bits per heavy atom. The molecule has 4 heteroatoms. The van der Waals surface area contributed by atoms with Gasteiger partial charge in [0.25, 0.3) is 0 Å². The zero-order valence-electron chi connectivity index (χ0n) is 12.1. The molecule has 0 spiro atoms. The topological polar surface area (TPSA) is 50.9 Å². The Morgan fingerprint density at radius 1 is 1.56 bits per heavy atom. The van der Waals surface area contributed by atoms with Crippen molar-refractivity contribution in [3.05, 3.63) is 16.1 Å². The normalized spacial score (nSPS) is 24.0. The monoisotopic (exact) mass is 267 g/mol. The lowest BCUT2D eigenvalue weighted by molar-refractivity contribution is 0.407. The summed E-state index contributed by atoms with van der Waals surface area (Å²) in [7, 11) is 0. The van der Waals surface area contributed by atoms with Crippen molar-refractivity contribution in [2.45, 2.75) is 58.9 Å². The van der Waals surface area contributed by atoms with E-state index in [9.17, 15) is 0 Å². The van der Waals surface area contributed by atoms with Gasteiger partial charge in [0.2, 0.25) is 0 Å². The highest BCUT2D eigenvalue weighted by Crippen LogP contribution is 2.53. The van der Waals surface area contributed by atoms with E-state index in [4.69, 9.17) is 10.8 Å². The highest BCUT2D eigenvalue weighted by molar-refractivity contribution is 7.09. The van der Waals surface area contributed by atoms with Gasteiger partial charge in [0, 0.05) is 23.3 Å². The molecule has 0 bridgehead atoms. The van der Waals surface area contributed by atoms with E-state index in [1.54, 1.807) is 11.3 Å². The molecule has 1 heterocycles. The van der Waals surface area contributed by atoms with Crippen molar-refractivity contribution in [2.75, 3.05) is 0 Å². The maximum atomic E-state index is 5.70. The molecule has 2 atom stereocenters. The number of hydrazine groups is 1. The minimum absolute atomic E-state index is 0.138. The molecule has 1 saturated carbocycles. The lowest BCUT2D eigenvalue weighted by atomic mass is 9.93. The summed E-state index contributed by atoms with van der Waals surface area (Å²) < 4.78 is 0. The first-order chi connectivity index (χ1) is 8.24. The first-order valence-corrected chi connectivity index (χ1v) is 7.53. The highest BCUT2D eigenvalue weighted by atomic mass is 32.1. The van der Waals surface area contributed by atoms with Crippen molar-refractivity contribution in [3.63, 3.8) is 0 Å². The Balaban J connectivity index is 2.03. The molecule has 3 N–H and O–H groups in total. The summed E-state index contributed by atoms with van der Waals surface area (Å²) >= 11 is 1.76. The minimum atomic E-state index is 0.138. The van der Waals surface area contributed by atoms with Crippen LogP contribution in [0.2, 0.25) is 0 Å². The fourth-order valence-electron chi connectivity index (χ4n) is 2.45. The smallest absolute Gasteiger partial charge is 0.0944 e. The molecule has 1 aliphatic carbocycles. The van der Waals surface area contributed by atoms with Crippen LogP contribution in [0, 0.1) is 11.3 Å². The molecule has 1 aromatic rings. The zero-order chi connectivity index (χ0) is 13.6. The van der Waals surface area contributed by atoms with E-state index in [2.05, 4.69) is 45.4 Å². The van der Waals surface area contributed by atoms with Gasteiger partial charge in [-0.3, -0.25) is 11.3 Å². The van der Waals surface area contributed by atoms with Crippen LogP contribution >= 0.6 is 11.3 Å². The summed E-state index contributed by atoms with van der Waals surface area (Å²) in [5.41, 5.74) is 4.75. The van der Waals surface area contributed by atoms with Crippen LogP contribution in [-0.4, -0.2) is 11.0 Å². The van der Waals surface area contributed by atoms with E-state index in [-0.39, 0.29) is 5.41 Å². The van der Waals surface area contributed by atoms with Crippen LogP contribution in [0.25, 0.3) is 0 Å². The van der Waals surface area contributed by atoms with Gasteiger partial charge in [0.15, 0.2) is 0 Å². The van der Waals surface area contributed by atoms with E-state index in [1.165, 1.54) is 17.1 Å². The van der Waals surface area contributed by atoms with Gasteiger partial charge < -0.3 is 0 Å².